The van der Waals surface area contributed by atoms with Gasteiger partial charge < -0.3 is 5.73 Å². The van der Waals surface area contributed by atoms with Crippen LogP contribution in [0, 0.1) is 0 Å². The van der Waals surface area contributed by atoms with Crippen LogP contribution in [0.15, 0.2) is 30.3 Å². The average molecular weight is 256 g/mol. The predicted molar refractivity (Wildman–Crippen MR) is 31.0 cm³/mol. The molecule has 0 aromatic heterocycles. The molecule has 0 spiro atoms. The number of hydrogen-bond acceptors (Lipinski definition) is 4. The molecule has 0 amide bonds. The molecule has 68 valence electrons. The predicted octanol–water partition coefficient (Wildman–Crippen LogP) is -0.988. The van der Waals surface area contributed by atoms with Crippen molar-refractivity contribution in [3.63, 3.8) is 0 Å². The molecule has 0 aliphatic rings. The maximum atomic E-state index is 8.62. The normalized spacial score (nSPS) is 9.83. The van der Waals surface area contributed by atoms with E-state index < -0.39 is 15.5 Å². The molecule has 0 saturated carbocycles. The molecule has 0 heterocycles. The van der Waals surface area contributed by atoms with Gasteiger partial charge in [0.1, 0.15) is 5.69 Å². The van der Waals surface area contributed by atoms with Crippen molar-refractivity contribution in [1.82, 2.24) is 0 Å². The van der Waals surface area contributed by atoms with Gasteiger partial charge in [-0.1, -0.05) is 18.2 Å². The van der Waals surface area contributed by atoms with Gasteiger partial charge in [0.15, 0.2) is 0 Å². The Balaban J connectivity index is 0.000000217. The molecule has 0 atom stereocenters. The molecule has 12 heavy (non-hydrogen) atoms. The molecule has 0 bridgehead atoms. The first-order valence-electron chi connectivity index (χ1n) is 2.88. The Kier molecular flexibility index (Phi) is 4.61. The van der Waals surface area contributed by atoms with Gasteiger partial charge in [-0.25, -0.2) is 0 Å². The molecule has 0 radical (unpaired) electrons. The van der Waals surface area contributed by atoms with Crippen molar-refractivity contribution in [2.45, 2.75) is 0 Å². The Labute approximate surface area is 72.1 Å². The second-order valence-electron chi connectivity index (χ2n) is 1.86. The van der Waals surface area contributed by atoms with Crippen LogP contribution in [-0.2, 0) is 26.0 Å². The third-order valence-corrected chi connectivity index (χ3v) is 0.843. The minimum absolute atomic E-state index is 1.07. The van der Waals surface area contributed by atoms with Crippen LogP contribution < -0.4 is 9.60 Å². The monoisotopic (exact) mass is 255 g/mol. The van der Waals surface area contributed by atoms with E-state index in [-0.39, 0.29) is 0 Å². The van der Waals surface area contributed by atoms with E-state index in [9.17, 15) is 0 Å². The van der Waals surface area contributed by atoms with Gasteiger partial charge in [-0.05, 0) is 12.1 Å². The molecule has 0 aliphatic carbocycles. The summed E-state index contributed by atoms with van der Waals surface area (Å²) in [6.07, 6.45) is 0. The van der Waals surface area contributed by atoms with Gasteiger partial charge in [-0.3, -0.25) is 0 Å². The van der Waals surface area contributed by atoms with Crippen LogP contribution in [0.4, 0.5) is 5.69 Å². The summed E-state index contributed by atoms with van der Waals surface area (Å²) in [7, 11) is 0. The first kappa shape index (κ1) is 11.2. The SMILES string of the molecule is [NH3+]c1ccccc1.[O]=[Tc](=[O])(=[O])[O-]. The van der Waals surface area contributed by atoms with E-state index in [4.69, 9.17) is 14.4 Å². The molecule has 1 aromatic carbocycles. The van der Waals surface area contributed by atoms with E-state index in [2.05, 4.69) is 5.73 Å². The van der Waals surface area contributed by atoms with Crippen molar-refractivity contribution in [2.24, 2.45) is 0 Å². The molecule has 1 aromatic rings. The van der Waals surface area contributed by atoms with Crippen molar-refractivity contribution in [2.75, 3.05) is 0 Å². The van der Waals surface area contributed by atoms with Crippen LogP contribution in [0.5, 0.6) is 0 Å². The van der Waals surface area contributed by atoms with Crippen molar-refractivity contribution < 1.29 is 35.6 Å². The van der Waals surface area contributed by atoms with Crippen molar-refractivity contribution in [1.29, 1.82) is 0 Å². The van der Waals surface area contributed by atoms with E-state index in [1.54, 1.807) is 0 Å². The van der Waals surface area contributed by atoms with Crippen LogP contribution in [-0.4, -0.2) is 0 Å². The van der Waals surface area contributed by atoms with Crippen LogP contribution in [0.1, 0.15) is 0 Å². The zero-order valence-corrected chi connectivity index (χ0v) is 7.96. The van der Waals surface area contributed by atoms with Gasteiger partial charge in [0.05, 0.1) is 0 Å². The number of hydrogen-bond donors (Lipinski definition) is 1. The fourth-order valence-corrected chi connectivity index (χ4v) is 0.478. The summed E-state index contributed by atoms with van der Waals surface area (Å²) in [6, 6.07) is 9.87. The van der Waals surface area contributed by atoms with E-state index in [1.165, 1.54) is 0 Å². The fraction of sp³-hybridized carbons (Fsp3) is 0. The maximum absolute atomic E-state index is 8.62. The molecule has 5 nitrogen and oxygen atoms in total. The first-order chi connectivity index (χ1) is 5.39. The number of quaternary nitrogens is 1. The zero-order valence-electron chi connectivity index (χ0n) is 6.10. The molecular formula is C6H8NO4Tc. The van der Waals surface area contributed by atoms with Crippen LogP contribution in [0.25, 0.3) is 0 Å². The third-order valence-electron chi connectivity index (χ3n) is 0.843. The summed E-state index contributed by atoms with van der Waals surface area (Å²) in [5, 5.41) is 0. The molecule has 0 saturated heterocycles. The van der Waals surface area contributed by atoms with Gasteiger partial charge >= 0.3 is 29.9 Å². The van der Waals surface area contributed by atoms with Gasteiger partial charge in [0.2, 0.25) is 0 Å². The Morgan fingerprint density at radius 1 is 1.08 bits per heavy atom. The van der Waals surface area contributed by atoms with Crippen LogP contribution >= 0.6 is 0 Å². The van der Waals surface area contributed by atoms with Gasteiger partial charge in [-0.2, -0.15) is 0 Å². The van der Waals surface area contributed by atoms with Crippen LogP contribution in [0.2, 0.25) is 0 Å². The van der Waals surface area contributed by atoms with Crippen molar-refractivity contribution in [3.05, 3.63) is 30.3 Å². The zero-order chi connectivity index (χ0) is 9.61. The summed E-state index contributed by atoms with van der Waals surface area (Å²) in [5.41, 5.74) is 4.79. The van der Waals surface area contributed by atoms with Gasteiger partial charge in [0.25, 0.3) is 0 Å². The molecule has 1 rings (SSSR count). The number of rotatable bonds is 0. The summed E-state index contributed by atoms with van der Waals surface area (Å²) in [4.78, 5) is 0. The second-order valence-corrected chi connectivity index (χ2v) is 3.72. The third kappa shape index (κ3) is 11.9. The minimum atomic E-state index is -5.94. The van der Waals surface area contributed by atoms with E-state index in [1.807, 2.05) is 30.3 Å². The summed E-state index contributed by atoms with van der Waals surface area (Å²) >= 11 is -5.94. The Morgan fingerprint density at radius 3 is 1.58 bits per heavy atom. The molecular weight excluding hydrogens is 248 g/mol. The van der Waals surface area contributed by atoms with Crippen LogP contribution in [0.3, 0.4) is 0 Å². The molecule has 0 aliphatic heterocycles. The standard InChI is InChI=1S/C6H7N.4O.Tc/c7-6-4-2-1-3-5-6;;;;;/h1-5H,7H2;;;;;/q;;;;-1;/p+1. The topological polar surface area (TPSA) is 102 Å². The van der Waals surface area contributed by atoms with Crippen molar-refractivity contribution >= 4 is 5.69 Å². The van der Waals surface area contributed by atoms with Crippen molar-refractivity contribution in [3.8, 4) is 0 Å². The summed E-state index contributed by atoms with van der Waals surface area (Å²) in [5.74, 6) is 0. The molecule has 6 heteroatoms. The first-order valence-corrected chi connectivity index (χ1v) is 5.92. The Morgan fingerprint density at radius 2 is 1.42 bits per heavy atom. The van der Waals surface area contributed by atoms with E-state index in [0.717, 1.165) is 5.69 Å². The second kappa shape index (κ2) is 4.95. The van der Waals surface area contributed by atoms with E-state index >= 15 is 0 Å². The summed E-state index contributed by atoms with van der Waals surface area (Å²) < 4.78 is 34.5. The Bertz CT molecular complexity index is 350. The molecule has 0 fully saturated rings. The summed E-state index contributed by atoms with van der Waals surface area (Å²) in [6.45, 7) is 0. The quantitative estimate of drug-likeness (QED) is 0.643. The molecule has 0 unspecified atom stereocenters. The Hall–Kier alpha value is -0.811. The van der Waals surface area contributed by atoms with Gasteiger partial charge in [-0.15, -0.1) is 0 Å². The van der Waals surface area contributed by atoms with E-state index in [0.29, 0.717) is 0 Å². The average Bonchev–Trinajstić information content (AvgIpc) is 1.85. The fourth-order valence-electron chi connectivity index (χ4n) is 0.478. The van der Waals surface area contributed by atoms with Gasteiger partial charge in [0, 0.05) is 0 Å². The number of benzene rings is 1. The molecule has 3 N–H and O–H groups in total.